The number of phenols is 2. The van der Waals surface area contributed by atoms with Crippen LogP contribution in [0.1, 0.15) is 18.4 Å². The largest absolute Gasteiger partial charge is 0.508 e. The van der Waals surface area contributed by atoms with Crippen molar-refractivity contribution in [2.45, 2.75) is 12.8 Å². The van der Waals surface area contributed by atoms with Gasteiger partial charge in [0.15, 0.2) is 0 Å². The maximum Gasteiger partial charge on any atom is 0.123 e. The van der Waals surface area contributed by atoms with Crippen LogP contribution >= 0.6 is 0 Å². The maximum atomic E-state index is 9.28. The number of benzene rings is 1. The Kier molecular flexibility index (Phi) is 2.20. The monoisotopic (exact) mass is 163 g/mol. The van der Waals surface area contributed by atoms with E-state index in [4.69, 9.17) is 10.4 Å². The van der Waals surface area contributed by atoms with Gasteiger partial charge in [-0.3, -0.25) is 0 Å². The van der Waals surface area contributed by atoms with Gasteiger partial charge in [0, 0.05) is 11.6 Å². The van der Waals surface area contributed by atoms with E-state index >= 15 is 0 Å². The van der Waals surface area contributed by atoms with Crippen LogP contribution < -0.4 is 0 Å². The lowest BCUT2D eigenvalue weighted by Crippen LogP contribution is -1.89. The van der Waals surface area contributed by atoms with Crippen molar-refractivity contribution in [3.05, 3.63) is 23.8 Å². The molecule has 0 heterocycles. The number of phenolic OH excluding ortho intramolecular Hbond substituents is 2. The minimum atomic E-state index is -0.356. The molecule has 0 aliphatic rings. The Morgan fingerprint density at radius 2 is 2.08 bits per heavy atom. The van der Waals surface area contributed by atoms with Gasteiger partial charge in [0.2, 0.25) is 0 Å². The van der Waals surface area contributed by atoms with Crippen LogP contribution in [0.3, 0.4) is 0 Å². The van der Waals surface area contributed by atoms with E-state index in [1.54, 1.807) is 13.0 Å². The SMILES string of the molecule is CC(C#N)c1ccc(O)cc1O. The highest BCUT2D eigenvalue weighted by atomic mass is 16.3. The van der Waals surface area contributed by atoms with Crippen molar-refractivity contribution < 1.29 is 10.2 Å². The van der Waals surface area contributed by atoms with Gasteiger partial charge >= 0.3 is 0 Å². The van der Waals surface area contributed by atoms with Crippen molar-refractivity contribution >= 4 is 0 Å². The van der Waals surface area contributed by atoms with E-state index < -0.39 is 0 Å². The van der Waals surface area contributed by atoms with Crippen LogP contribution in [0, 0.1) is 11.3 Å². The van der Waals surface area contributed by atoms with Gasteiger partial charge in [0.25, 0.3) is 0 Å². The first-order valence-electron chi connectivity index (χ1n) is 3.56. The Hall–Kier alpha value is -1.69. The number of aromatic hydroxyl groups is 2. The smallest absolute Gasteiger partial charge is 0.123 e. The van der Waals surface area contributed by atoms with Crippen molar-refractivity contribution in [1.82, 2.24) is 0 Å². The first-order chi connectivity index (χ1) is 5.65. The summed E-state index contributed by atoms with van der Waals surface area (Å²) < 4.78 is 0. The van der Waals surface area contributed by atoms with Gasteiger partial charge in [0.05, 0.1) is 12.0 Å². The van der Waals surface area contributed by atoms with Crippen LogP contribution in [0.2, 0.25) is 0 Å². The molecule has 1 unspecified atom stereocenters. The number of rotatable bonds is 1. The fraction of sp³-hybridized carbons (Fsp3) is 0.222. The van der Waals surface area contributed by atoms with E-state index in [0.717, 1.165) is 0 Å². The molecule has 0 aliphatic heterocycles. The molecule has 3 nitrogen and oxygen atoms in total. The highest BCUT2D eigenvalue weighted by Gasteiger charge is 2.08. The predicted octanol–water partition coefficient (Wildman–Crippen LogP) is 1.72. The lowest BCUT2D eigenvalue weighted by molar-refractivity contribution is 0.445. The van der Waals surface area contributed by atoms with E-state index in [1.807, 2.05) is 6.07 Å². The fourth-order valence-electron chi connectivity index (χ4n) is 0.968. The third-order valence-corrected chi connectivity index (χ3v) is 1.67. The molecular formula is C9H9NO2. The van der Waals surface area contributed by atoms with E-state index in [2.05, 4.69) is 0 Å². The van der Waals surface area contributed by atoms with Crippen LogP contribution in [0.4, 0.5) is 0 Å². The molecule has 62 valence electrons. The fourth-order valence-corrected chi connectivity index (χ4v) is 0.968. The minimum absolute atomic E-state index is 0.00129. The summed E-state index contributed by atoms with van der Waals surface area (Å²) in [5.41, 5.74) is 0.537. The van der Waals surface area contributed by atoms with Gasteiger partial charge < -0.3 is 10.2 Å². The van der Waals surface area contributed by atoms with Crippen LogP contribution in [0.25, 0.3) is 0 Å². The van der Waals surface area contributed by atoms with Gasteiger partial charge in [0.1, 0.15) is 11.5 Å². The quantitative estimate of drug-likeness (QED) is 0.662. The third kappa shape index (κ3) is 1.48. The van der Waals surface area contributed by atoms with Gasteiger partial charge in [-0.25, -0.2) is 0 Å². The molecule has 1 atom stereocenters. The molecule has 2 N–H and O–H groups in total. The number of nitrogens with zero attached hydrogens (tertiary/aromatic N) is 1. The van der Waals surface area contributed by atoms with E-state index in [9.17, 15) is 5.11 Å². The summed E-state index contributed by atoms with van der Waals surface area (Å²) in [6.45, 7) is 1.69. The molecule has 0 bridgehead atoms. The third-order valence-electron chi connectivity index (χ3n) is 1.67. The first kappa shape index (κ1) is 8.41. The second-order valence-corrected chi connectivity index (χ2v) is 2.59. The lowest BCUT2D eigenvalue weighted by atomic mass is 10.0. The molecule has 1 aromatic rings. The van der Waals surface area contributed by atoms with Gasteiger partial charge in [-0.05, 0) is 13.0 Å². The molecule has 0 aromatic heterocycles. The molecule has 0 saturated heterocycles. The molecule has 1 aromatic carbocycles. The van der Waals surface area contributed by atoms with Crippen molar-refractivity contribution in [1.29, 1.82) is 5.26 Å². The summed E-state index contributed by atoms with van der Waals surface area (Å²) in [5, 5.41) is 26.8. The van der Waals surface area contributed by atoms with E-state index in [0.29, 0.717) is 5.56 Å². The molecule has 0 spiro atoms. The van der Waals surface area contributed by atoms with Crippen molar-refractivity contribution in [2.75, 3.05) is 0 Å². The first-order valence-corrected chi connectivity index (χ1v) is 3.56. The second kappa shape index (κ2) is 3.14. The highest BCUT2D eigenvalue weighted by Crippen LogP contribution is 2.28. The summed E-state index contributed by atoms with van der Waals surface area (Å²) in [6.07, 6.45) is 0. The molecule has 0 aliphatic carbocycles. The van der Waals surface area contributed by atoms with Gasteiger partial charge in [-0.1, -0.05) is 6.07 Å². The van der Waals surface area contributed by atoms with Gasteiger partial charge in [-0.15, -0.1) is 0 Å². The second-order valence-electron chi connectivity index (χ2n) is 2.59. The Bertz CT molecular complexity index is 328. The number of hydrogen-bond donors (Lipinski definition) is 2. The van der Waals surface area contributed by atoms with Crippen LogP contribution in [0.5, 0.6) is 11.5 Å². The zero-order chi connectivity index (χ0) is 9.14. The Morgan fingerprint density at radius 1 is 1.42 bits per heavy atom. The summed E-state index contributed by atoms with van der Waals surface area (Å²) in [7, 11) is 0. The standard InChI is InChI=1S/C9H9NO2/c1-6(5-10)8-3-2-7(11)4-9(8)12/h2-4,6,11-12H,1H3. The summed E-state index contributed by atoms with van der Waals surface area (Å²) >= 11 is 0. The average molecular weight is 163 g/mol. The normalized spacial score (nSPS) is 12.0. The van der Waals surface area contributed by atoms with Crippen molar-refractivity contribution in [3.8, 4) is 17.6 Å². The molecule has 12 heavy (non-hydrogen) atoms. The van der Waals surface area contributed by atoms with E-state index in [-0.39, 0.29) is 17.4 Å². The zero-order valence-corrected chi connectivity index (χ0v) is 6.65. The highest BCUT2D eigenvalue weighted by molar-refractivity contribution is 5.42. The molecular weight excluding hydrogens is 154 g/mol. The van der Waals surface area contributed by atoms with E-state index in [1.165, 1.54) is 12.1 Å². The average Bonchev–Trinajstić information content (AvgIpc) is 2.03. The lowest BCUT2D eigenvalue weighted by Gasteiger charge is -2.05. The molecule has 0 amide bonds. The number of hydrogen-bond acceptors (Lipinski definition) is 3. The zero-order valence-electron chi connectivity index (χ0n) is 6.65. The number of nitriles is 1. The molecule has 3 heteroatoms. The maximum absolute atomic E-state index is 9.28. The molecule has 0 radical (unpaired) electrons. The topological polar surface area (TPSA) is 64.2 Å². The molecule has 0 saturated carbocycles. The van der Waals surface area contributed by atoms with Crippen LogP contribution in [-0.4, -0.2) is 10.2 Å². The summed E-state index contributed by atoms with van der Waals surface area (Å²) in [4.78, 5) is 0. The minimum Gasteiger partial charge on any atom is -0.508 e. The van der Waals surface area contributed by atoms with Crippen molar-refractivity contribution in [3.63, 3.8) is 0 Å². The predicted molar refractivity (Wildman–Crippen MR) is 43.8 cm³/mol. The molecule has 1 rings (SSSR count). The van der Waals surface area contributed by atoms with Crippen molar-refractivity contribution in [2.24, 2.45) is 0 Å². The van der Waals surface area contributed by atoms with Crippen LogP contribution in [-0.2, 0) is 0 Å². The Morgan fingerprint density at radius 3 is 2.58 bits per heavy atom. The van der Waals surface area contributed by atoms with Gasteiger partial charge in [-0.2, -0.15) is 5.26 Å². The molecule has 0 fully saturated rings. The summed E-state index contributed by atoms with van der Waals surface area (Å²) in [5.74, 6) is -0.393. The summed E-state index contributed by atoms with van der Waals surface area (Å²) in [6, 6.07) is 6.21. The Balaban J connectivity index is 3.11. The Labute approximate surface area is 70.5 Å². The van der Waals surface area contributed by atoms with Crippen LogP contribution in [0.15, 0.2) is 18.2 Å².